The fourth-order valence-electron chi connectivity index (χ4n) is 2.39. The molecule has 130 valence electrons. The largest absolute Gasteiger partial charge is 0.493 e. The summed E-state index contributed by atoms with van der Waals surface area (Å²) in [6, 6.07) is 5.44. The molecule has 0 bridgehead atoms. The summed E-state index contributed by atoms with van der Waals surface area (Å²) in [6.45, 7) is -0.00969. The number of hydrogen-bond acceptors (Lipinski definition) is 6. The van der Waals surface area contributed by atoms with Crippen LogP contribution in [0.15, 0.2) is 30.0 Å². The van der Waals surface area contributed by atoms with Gasteiger partial charge in [-0.25, -0.2) is 4.68 Å². The number of rotatable bonds is 6. The van der Waals surface area contributed by atoms with E-state index in [0.29, 0.717) is 22.8 Å². The fourth-order valence-corrected chi connectivity index (χ4v) is 2.39. The second-order valence-corrected chi connectivity index (χ2v) is 5.32. The van der Waals surface area contributed by atoms with Gasteiger partial charge < -0.3 is 19.9 Å². The van der Waals surface area contributed by atoms with Crippen molar-refractivity contribution in [1.29, 1.82) is 0 Å². The summed E-state index contributed by atoms with van der Waals surface area (Å²) in [5, 5.41) is 18.9. The van der Waals surface area contributed by atoms with Gasteiger partial charge in [0.2, 0.25) is 0 Å². The number of aliphatic carboxylic acids is 1. The molecule has 0 fully saturated rings. The number of carboxylic acid groups (broad SMARTS) is 1. The van der Waals surface area contributed by atoms with Gasteiger partial charge in [-0.3, -0.25) is 9.59 Å². The Morgan fingerprint density at radius 2 is 2.28 bits per heavy atom. The average molecular weight is 344 g/mol. The molecular formula is C16H16N4O5. The zero-order valence-electron chi connectivity index (χ0n) is 13.4. The Kier molecular flexibility index (Phi) is 4.64. The van der Waals surface area contributed by atoms with Gasteiger partial charge in [0.1, 0.15) is 18.8 Å². The Hall–Kier alpha value is -3.36. The van der Waals surface area contributed by atoms with Crippen LogP contribution < -0.4 is 14.8 Å². The van der Waals surface area contributed by atoms with Crippen LogP contribution >= 0.6 is 0 Å². The molecule has 2 N–H and O–H groups in total. The van der Waals surface area contributed by atoms with E-state index < -0.39 is 5.97 Å². The van der Waals surface area contributed by atoms with Gasteiger partial charge in [-0.15, -0.1) is 5.10 Å². The molecule has 0 spiro atoms. The number of nitrogens with one attached hydrogen (secondary N) is 1. The van der Waals surface area contributed by atoms with Crippen molar-refractivity contribution in [3.63, 3.8) is 0 Å². The lowest BCUT2D eigenvalue weighted by atomic mass is 10.1. The number of methoxy groups -OCH3 is 1. The number of carboxylic acids is 1. The van der Waals surface area contributed by atoms with E-state index in [9.17, 15) is 9.59 Å². The average Bonchev–Trinajstić information content (AvgIpc) is 3.05. The summed E-state index contributed by atoms with van der Waals surface area (Å²) >= 11 is 0. The van der Waals surface area contributed by atoms with Gasteiger partial charge in [0, 0.05) is 5.56 Å². The predicted molar refractivity (Wildman–Crippen MR) is 86.0 cm³/mol. The highest BCUT2D eigenvalue weighted by Crippen LogP contribution is 2.35. The SMILES string of the molecule is COc1cccc2c1OCC(C(=O)NCc1cn(CC(=O)O)nn1)=C2. The number of hydrogen-bond donors (Lipinski definition) is 2. The summed E-state index contributed by atoms with van der Waals surface area (Å²) in [4.78, 5) is 22.9. The smallest absolute Gasteiger partial charge is 0.325 e. The Bertz CT molecular complexity index is 843. The number of ether oxygens (including phenoxy) is 2. The van der Waals surface area contributed by atoms with Gasteiger partial charge in [0.15, 0.2) is 11.5 Å². The number of benzene rings is 1. The zero-order valence-corrected chi connectivity index (χ0v) is 13.4. The van der Waals surface area contributed by atoms with Crippen LogP contribution in [0.3, 0.4) is 0 Å². The standard InChI is InChI=1S/C16H16N4O5/c1-24-13-4-2-3-10-5-11(9-25-15(10)13)16(23)17-6-12-7-20(19-18-12)8-14(21)22/h2-5,7H,6,8-9H2,1H3,(H,17,23)(H,21,22). The van der Waals surface area contributed by atoms with E-state index in [1.54, 1.807) is 19.3 Å². The third-order valence-corrected chi connectivity index (χ3v) is 3.54. The van der Waals surface area contributed by atoms with E-state index in [0.717, 1.165) is 5.56 Å². The molecule has 1 aromatic carbocycles. The maximum Gasteiger partial charge on any atom is 0.325 e. The quantitative estimate of drug-likeness (QED) is 0.782. The molecule has 0 aliphatic carbocycles. The lowest BCUT2D eigenvalue weighted by molar-refractivity contribution is -0.137. The summed E-state index contributed by atoms with van der Waals surface area (Å²) < 4.78 is 12.0. The number of amides is 1. The highest BCUT2D eigenvalue weighted by atomic mass is 16.5. The Labute approximate surface area is 142 Å². The summed E-state index contributed by atoms with van der Waals surface area (Å²) in [5.74, 6) is -0.0817. The molecule has 0 atom stereocenters. The summed E-state index contributed by atoms with van der Waals surface area (Å²) in [5.41, 5.74) is 1.70. The molecule has 1 aliphatic rings. The second-order valence-electron chi connectivity index (χ2n) is 5.32. The fraction of sp³-hybridized carbons (Fsp3) is 0.250. The van der Waals surface area contributed by atoms with Crippen molar-refractivity contribution in [2.24, 2.45) is 0 Å². The number of fused-ring (bicyclic) bond motifs is 1. The molecule has 0 unspecified atom stereocenters. The van der Waals surface area contributed by atoms with Gasteiger partial charge in [0.05, 0.1) is 25.4 Å². The molecule has 0 saturated heterocycles. The van der Waals surface area contributed by atoms with Crippen molar-refractivity contribution < 1.29 is 24.2 Å². The predicted octanol–water partition coefficient (Wildman–Crippen LogP) is 0.463. The lowest BCUT2D eigenvalue weighted by Crippen LogP contribution is -2.28. The molecule has 25 heavy (non-hydrogen) atoms. The summed E-state index contributed by atoms with van der Waals surface area (Å²) in [7, 11) is 1.56. The zero-order chi connectivity index (χ0) is 17.8. The van der Waals surface area contributed by atoms with Gasteiger partial charge in [-0.05, 0) is 12.1 Å². The number of aromatic nitrogens is 3. The first kappa shape index (κ1) is 16.5. The van der Waals surface area contributed by atoms with Gasteiger partial charge in [0.25, 0.3) is 5.91 Å². The van der Waals surface area contributed by atoms with Crippen molar-refractivity contribution in [2.45, 2.75) is 13.1 Å². The van der Waals surface area contributed by atoms with Gasteiger partial charge in [-0.1, -0.05) is 17.3 Å². The van der Waals surface area contributed by atoms with Crippen molar-refractivity contribution in [3.8, 4) is 11.5 Å². The lowest BCUT2D eigenvalue weighted by Gasteiger charge is -2.19. The highest BCUT2D eigenvalue weighted by Gasteiger charge is 2.20. The molecule has 0 radical (unpaired) electrons. The maximum atomic E-state index is 12.3. The normalized spacial score (nSPS) is 12.6. The molecule has 1 aliphatic heterocycles. The van der Waals surface area contributed by atoms with Crippen molar-refractivity contribution in [3.05, 3.63) is 41.2 Å². The molecule has 2 heterocycles. The van der Waals surface area contributed by atoms with E-state index in [1.807, 2.05) is 12.1 Å². The topological polar surface area (TPSA) is 116 Å². The number of carbonyl (C=O) groups excluding carboxylic acids is 1. The Balaban J connectivity index is 1.64. The molecule has 9 nitrogen and oxygen atoms in total. The van der Waals surface area contributed by atoms with Crippen LogP contribution in [0.2, 0.25) is 0 Å². The van der Waals surface area contributed by atoms with Gasteiger partial charge in [-0.2, -0.15) is 0 Å². The van der Waals surface area contributed by atoms with Crippen LogP contribution in [0.25, 0.3) is 6.08 Å². The van der Waals surface area contributed by atoms with Crippen LogP contribution in [0, 0.1) is 0 Å². The van der Waals surface area contributed by atoms with E-state index >= 15 is 0 Å². The van der Waals surface area contributed by atoms with E-state index in [-0.39, 0.29) is 25.6 Å². The molecule has 3 rings (SSSR count). The monoisotopic (exact) mass is 344 g/mol. The highest BCUT2D eigenvalue weighted by molar-refractivity contribution is 5.99. The number of nitrogens with zero attached hydrogens (tertiary/aromatic N) is 3. The molecule has 1 aromatic heterocycles. The van der Waals surface area contributed by atoms with E-state index in [4.69, 9.17) is 14.6 Å². The van der Waals surface area contributed by atoms with Crippen LogP contribution in [0.5, 0.6) is 11.5 Å². The van der Waals surface area contributed by atoms with Crippen LogP contribution in [-0.4, -0.2) is 45.7 Å². The van der Waals surface area contributed by atoms with E-state index in [2.05, 4.69) is 15.6 Å². The van der Waals surface area contributed by atoms with Crippen LogP contribution in [0.4, 0.5) is 0 Å². The summed E-state index contributed by atoms with van der Waals surface area (Å²) in [6.07, 6.45) is 3.22. The van der Waals surface area contributed by atoms with Crippen molar-refractivity contribution >= 4 is 18.0 Å². The number of carbonyl (C=O) groups is 2. The van der Waals surface area contributed by atoms with E-state index in [1.165, 1.54) is 10.9 Å². The minimum atomic E-state index is -1.01. The third-order valence-electron chi connectivity index (χ3n) is 3.54. The molecular weight excluding hydrogens is 328 g/mol. The minimum absolute atomic E-state index is 0.130. The first-order valence-corrected chi connectivity index (χ1v) is 7.46. The van der Waals surface area contributed by atoms with Crippen molar-refractivity contribution in [1.82, 2.24) is 20.3 Å². The molecule has 0 saturated carbocycles. The molecule has 9 heteroatoms. The van der Waals surface area contributed by atoms with Crippen molar-refractivity contribution in [2.75, 3.05) is 13.7 Å². The molecule has 1 amide bonds. The second kappa shape index (κ2) is 7.04. The number of para-hydroxylation sites is 1. The van der Waals surface area contributed by atoms with Crippen LogP contribution in [-0.2, 0) is 22.7 Å². The third kappa shape index (κ3) is 3.77. The Morgan fingerprint density at radius 1 is 1.44 bits per heavy atom. The first-order valence-electron chi connectivity index (χ1n) is 7.46. The minimum Gasteiger partial charge on any atom is -0.493 e. The maximum absolute atomic E-state index is 12.3. The molecule has 2 aromatic rings. The van der Waals surface area contributed by atoms with Crippen LogP contribution in [0.1, 0.15) is 11.3 Å². The van der Waals surface area contributed by atoms with Gasteiger partial charge >= 0.3 is 5.97 Å². The first-order chi connectivity index (χ1) is 12.1. The Morgan fingerprint density at radius 3 is 3.04 bits per heavy atom.